The molecule has 0 aliphatic rings. The first-order valence-electron chi connectivity index (χ1n) is 2.60. The summed E-state index contributed by atoms with van der Waals surface area (Å²) in [4.78, 5) is 0. The van der Waals surface area contributed by atoms with Gasteiger partial charge in [-0.1, -0.05) is 0 Å². The Balaban J connectivity index is 3.54. The van der Waals surface area contributed by atoms with E-state index in [-0.39, 0.29) is 0 Å². The van der Waals surface area contributed by atoms with E-state index in [9.17, 15) is 0 Å². The fraction of sp³-hybridized carbons (Fsp3) is 1.00. The average molecular weight is 180 g/mol. The molecule has 1 radical (unpaired) electrons. The first-order chi connectivity index (χ1) is 2.94. The fourth-order valence-electron chi connectivity index (χ4n) is 0. The van der Waals surface area contributed by atoms with Crippen molar-refractivity contribution in [1.29, 1.82) is 0 Å². The quantitative estimate of drug-likeness (QED) is 0.540. The van der Waals surface area contributed by atoms with Gasteiger partial charge < -0.3 is 0 Å². The van der Waals surface area contributed by atoms with E-state index < -0.39 is 8.07 Å². The summed E-state index contributed by atoms with van der Waals surface area (Å²) in [6, 6.07) is 0. The van der Waals surface area contributed by atoms with Crippen molar-refractivity contribution in [2.24, 2.45) is 0 Å². The molecule has 7 heavy (non-hydrogen) atoms. The van der Waals surface area contributed by atoms with Crippen LogP contribution in [0.15, 0.2) is 0 Å². The van der Waals surface area contributed by atoms with Gasteiger partial charge in [0.15, 0.2) is 0 Å². The van der Waals surface area contributed by atoms with Crippen molar-refractivity contribution in [3.63, 3.8) is 0 Å². The van der Waals surface area contributed by atoms with Crippen molar-refractivity contribution in [2.75, 3.05) is 0 Å². The van der Waals surface area contributed by atoms with E-state index in [1.54, 1.807) is 0 Å². The SMILES string of the molecule is CC([Se])[Si](C)(C)C. The van der Waals surface area contributed by atoms with Gasteiger partial charge in [-0.25, -0.2) is 0 Å². The minimum absolute atomic E-state index is 0.790. The van der Waals surface area contributed by atoms with Crippen LogP contribution in [0.3, 0.4) is 0 Å². The Bertz CT molecular complexity index is 53.6. The molecule has 0 aromatic heterocycles. The number of rotatable bonds is 1. The predicted octanol–water partition coefficient (Wildman–Crippen LogP) is 1.84. The fourth-order valence-corrected chi connectivity index (χ4v) is 0. The van der Waals surface area contributed by atoms with Crippen molar-refractivity contribution in [3.05, 3.63) is 0 Å². The van der Waals surface area contributed by atoms with Gasteiger partial charge in [-0.2, -0.15) is 0 Å². The zero-order chi connectivity index (χ0) is 6.08. The van der Waals surface area contributed by atoms with E-state index >= 15 is 0 Å². The Morgan fingerprint density at radius 3 is 1.43 bits per heavy atom. The Hall–Kier alpha value is 0.736. The molecular weight excluding hydrogens is 167 g/mol. The van der Waals surface area contributed by atoms with Crippen LogP contribution in [0.1, 0.15) is 6.92 Å². The predicted molar refractivity (Wildman–Crippen MR) is 38.5 cm³/mol. The molecule has 0 nitrogen and oxygen atoms in total. The first kappa shape index (κ1) is 7.74. The second kappa shape index (κ2) is 2.34. The van der Waals surface area contributed by atoms with Gasteiger partial charge in [0, 0.05) is 0 Å². The van der Waals surface area contributed by atoms with Crippen molar-refractivity contribution < 1.29 is 0 Å². The molecule has 0 heterocycles. The topological polar surface area (TPSA) is 0 Å². The molecule has 0 rings (SSSR count). The summed E-state index contributed by atoms with van der Waals surface area (Å²) >= 11 is 3.14. The molecule has 0 amide bonds. The Labute approximate surface area is 55.5 Å². The van der Waals surface area contributed by atoms with Gasteiger partial charge in [-0.05, 0) is 0 Å². The average Bonchev–Trinajstić information content (AvgIpc) is 1.31. The van der Waals surface area contributed by atoms with Gasteiger partial charge in [-0.15, -0.1) is 0 Å². The second-order valence-electron chi connectivity index (χ2n) is 3.01. The maximum absolute atomic E-state index is 3.14. The van der Waals surface area contributed by atoms with Crippen molar-refractivity contribution in [1.82, 2.24) is 0 Å². The van der Waals surface area contributed by atoms with Gasteiger partial charge in [0.05, 0.1) is 0 Å². The number of hydrogen-bond acceptors (Lipinski definition) is 0. The van der Waals surface area contributed by atoms with Crippen LogP contribution in [-0.4, -0.2) is 24.1 Å². The van der Waals surface area contributed by atoms with E-state index in [1.165, 1.54) is 0 Å². The number of hydrogen-bond donors (Lipinski definition) is 0. The molecule has 0 aliphatic heterocycles. The van der Waals surface area contributed by atoms with Gasteiger partial charge in [0.25, 0.3) is 0 Å². The third-order valence-electron chi connectivity index (χ3n) is 1.22. The summed E-state index contributed by atoms with van der Waals surface area (Å²) in [6.45, 7) is 9.36. The molecule has 0 bridgehead atoms. The standard InChI is InChI=1S/C5H13SeSi/c1-5(6)7(2,3)4/h5H,1-4H3. The molecule has 1 unspecified atom stereocenters. The molecule has 1 atom stereocenters. The Morgan fingerprint density at radius 1 is 1.29 bits per heavy atom. The molecule has 2 heteroatoms. The zero-order valence-corrected chi connectivity index (χ0v) is 8.20. The van der Waals surface area contributed by atoms with E-state index in [2.05, 4.69) is 42.6 Å². The summed E-state index contributed by atoms with van der Waals surface area (Å²) in [5, 5.41) is 0. The molecule has 0 aromatic carbocycles. The van der Waals surface area contributed by atoms with Crippen LogP contribution >= 0.6 is 0 Å². The van der Waals surface area contributed by atoms with E-state index in [1.807, 2.05) is 0 Å². The second-order valence-corrected chi connectivity index (χ2v) is 11.0. The van der Waals surface area contributed by atoms with Crippen LogP contribution in [0.25, 0.3) is 0 Å². The summed E-state index contributed by atoms with van der Waals surface area (Å²) < 4.78 is 0.812. The van der Waals surface area contributed by atoms with Crippen LogP contribution in [0.4, 0.5) is 0 Å². The van der Waals surface area contributed by atoms with E-state index in [4.69, 9.17) is 0 Å². The van der Waals surface area contributed by atoms with Crippen LogP contribution in [0.5, 0.6) is 0 Å². The normalized spacial score (nSPS) is 16.7. The molecule has 43 valence electrons. The van der Waals surface area contributed by atoms with Crippen LogP contribution in [0, 0.1) is 0 Å². The van der Waals surface area contributed by atoms with Crippen LogP contribution in [0.2, 0.25) is 24.1 Å². The van der Waals surface area contributed by atoms with Gasteiger partial charge in [-0.3, -0.25) is 0 Å². The molecule has 0 saturated heterocycles. The van der Waals surface area contributed by atoms with Crippen molar-refractivity contribution in [2.45, 2.75) is 31.0 Å². The van der Waals surface area contributed by atoms with Crippen LogP contribution < -0.4 is 0 Å². The summed E-state index contributed by atoms with van der Waals surface area (Å²) in [5.74, 6) is 0. The molecule has 0 spiro atoms. The van der Waals surface area contributed by atoms with Gasteiger partial charge >= 0.3 is 55.1 Å². The third kappa shape index (κ3) is 3.33. The Morgan fingerprint density at radius 2 is 1.43 bits per heavy atom. The Kier molecular flexibility index (Phi) is 2.58. The molecule has 0 saturated carbocycles. The molecule has 0 N–H and O–H groups in total. The van der Waals surface area contributed by atoms with Crippen molar-refractivity contribution >= 4 is 24.1 Å². The first-order valence-corrected chi connectivity index (χ1v) is 7.17. The molecule has 0 fully saturated rings. The zero-order valence-electron chi connectivity index (χ0n) is 5.49. The summed E-state index contributed by atoms with van der Waals surface area (Å²) in [7, 11) is -0.790. The molecule has 0 aliphatic carbocycles. The summed E-state index contributed by atoms with van der Waals surface area (Å²) in [5.41, 5.74) is 0. The van der Waals surface area contributed by atoms with E-state index in [0.717, 1.165) is 4.44 Å². The third-order valence-corrected chi connectivity index (χ3v) is 8.11. The molecule has 0 aromatic rings. The van der Waals surface area contributed by atoms with Crippen LogP contribution in [-0.2, 0) is 0 Å². The maximum atomic E-state index is 3.14. The molecular formula is C5H13SeSi. The van der Waals surface area contributed by atoms with Crippen molar-refractivity contribution in [3.8, 4) is 0 Å². The van der Waals surface area contributed by atoms with Gasteiger partial charge in [0.1, 0.15) is 0 Å². The minimum atomic E-state index is -0.790. The monoisotopic (exact) mass is 181 g/mol. The summed E-state index contributed by atoms with van der Waals surface area (Å²) in [6.07, 6.45) is 0. The van der Waals surface area contributed by atoms with Gasteiger partial charge in [0.2, 0.25) is 0 Å². The van der Waals surface area contributed by atoms with E-state index in [0.29, 0.717) is 0 Å².